The molecule has 1 aromatic carbocycles. The molecule has 2 N–H and O–H groups in total. The molecule has 2 heterocycles. The molecule has 2 unspecified atom stereocenters. The van der Waals surface area contributed by atoms with Crippen LogP contribution in [0.15, 0.2) is 24.4 Å². The summed E-state index contributed by atoms with van der Waals surface area (Å²) in [5.74, 6) is -1.12. The van der Waals surface area contributed by atoms with Crippen molar-refractivity contribution in [3.63, 3.8) is 0 Å². The van der Waals surface area contributed by atoms with Gasteiger partial charge in [-0.05, 0) is 36.1 Å². The number of H-pyrrole nitrogens is 1. The van der Waals surface area contributed by atoms with E-state index in [-0.39, 0.29) is 17.7 Å². The summed E-state index contributed by atoms with van der Waals surface area (Å²) in [6, 6.07) is 5.56. The molecule has 5 nitrogen and oxygen atoms in total. The topological polar surface area (TPSA) is 73.4 Å². The predicted molar refractivity (Wildman–Crippen MR) is 88.5 cm³/mol. The zero-order valence-corrected chi connectivity index (χ0v) is 13.6. The number of aromatic nitrogens is 1. The van der Waals surface area contributed by atoms with Crippen molar-refractivity contribution in [2.75, 3.05) is 13.1 Å². The molecule has 1 aromatic heterocycles. The van der Waals surface area contributed by atoms with E-state index in [4.69, 9.17) is 16.7 Å². The van der Waals surface area contributed by atoms with Crippen LogP contribution in [0.3, 0.4) is 0 Å². The van der Waals surface area contributed by atoms with Gasteiger partial charge in [0.1, 0.15) is 0 Å². The fourth-order valence-electron chi connectivity index (χ4n) is 3.31. The summed E-state index contributed by atoms with van der Waals surface area (Å²) in [5, 5.41) is 10.8. The summed E-state index contributed by atoms with van der Waals surface area (Å²) in [6.45, 7) is 2.89. The van der Waals surface area contributed by atoms with Gasteiger partial charge in [-0.1, -0.05) is 18.5 Å². The van der Waals surface area contributed by atoms with E-state index in [0.717, 1.165) is 16.5 Å². The Bertz CT molecular complexity index is 755. The standard InChI is InChI=1S/C17H19ClN2O3/c1-10-9-20(5-4-13(10)17(22)23)16(21)6-11-8-19-15-3-2-12(18)7-14(11)15/h2-3,7-8,10,13,19H,4-6,9H2,1H3,(H,22,23). The number of rotatable bonds is 3. The number of benzene rings is 1. The van der Waals surface area contributed by atoms with Crippen molar-refractivity contribution in [2.24, 2.45) is 11.8 Å². The van der Waals surface area contributed by atoms with Gasteiger partial charge in [0.25, 0.3) is 0 Å². The van der Waals surface area contributed by atoms with Gasteiger partial charge in [-0.25, -0.2) is 0 Å². The summed E-state index contributed by atoms with van der Waals surface area (Å²) in [7, 11) is 0. The minimum absolute atomic E-state index is 0.0254. The van der Waals surface area contributed by atoms with Crippen LogP contribution in [-0.4, -0.2) is 40.0 Å². The SMILES string of the molecule is CC1CN(C(=O)Cc2c[nH]c3ccc(Cl)cc23)CCC1C(=O)O. The third-order valence-electron chi connectivity index (χ3n) is 4.65. The highest BCUT2D eigenvalue weighted by atomic mass is 35.5. The second kappa shape index (κ2) is 6.24. The Kier molecular flexibility index (Phi) is 4.31. The van der Waals surface area contributed by atoms with Crippen LogP contribution in [0.1, 0.15) is 18.9 Å². The molecule has 1 aliphatic rings. The third-order valence-corrected chi connectivity index (χ3v) is 4.88. The Balaban J connectivity index is 1.72. The van der Waals surface area contributed by atoms with Crippen molar-refractivity contribution < 1.29 is 14.7 Å². The number of aliphatic carboxylic acids is 1. The Morgan fingerprint density at radius 3 is 2.91 bits per heavy atom. The van der Waals surface area contributed by atoms with Gasteiger partial charge in [0.05, 0.1) is 12.3 Å². The fourth-order valence-corrected chi connectivity index (χ4v) is 3.48. The lowest BCUT2D eigenvalue weighted by atomic mass is 9.87. The minimum Gasteiger partial charge on any atom is -0.481 e. The quantitative estimate of drug-likeness (QED) is 0.906. The first-order valence-corrected chi connectivity index (χ1v) is 8.09. The maximum Gasteiger partial charge on any atom is 0.306 e. The largest absolute Gasteiger partial charge is 0.481 e. The van der Waals surface area contributed by atoms with Crippen LogP contribution in [0.25, 0.3) is 10.9 Å². The zero-order chi connectivity index (χ0) is 16.6. The Morgan fingerprint density at radius 1 is 1.43 bits per heavy atom. The molecule has 2 atom stereocenters. The van der Waals surface area contributed by atoms with Gasteiger partial charge in [0.15, 0.2) is 0 Å². The second-order valence-electron chi connectivity index (χ2n) is 6.23. The highest BCUT2D eigenvalue weighted by Gasteiger charge is 2.32. The third kappa shape index (κ3) is 3.20. The van der Waals surface area contributed by atoms with Gasteiger partial charge < -0.3 is 15.0 Å². The van der Waals surface area contributed by atoms with E-state index in [1.54, 1.807) is 4.90 Å². The van der Waals surface area contributed by atoms with Crippen molar-refractivity contribution in [1.82, 2.24) is 9.88 Å². The molecule has 1 fully saturated rings. The van der Waals surface area contributed by atoms with Gasteiger partial charge >= 0.3 is 5.97 Å². The number of fused-ring (bicyclic) bond motifs is 1. The lowest BCUT2D eigenvalue weighted by Crippen LogP contribution is -2.45. The van der Waals surface area contributed by atoms with Crippen LogP contribution >= 0.6 is 11.6 Å². The van der Waals surface area contributed by atoms with E-state index in [0.29, 0.717) is 31.0 Å². The molecule has 0 bridgehead atoms. The van der Waals surface area contributed by atoms with E-state index >= 15 is 0 Å². The summed E-state index contributed by atoms with van der Waals surface area (Å²) >= 11 is 6.03. The van der Waals surface area contributed by atoms with Crippen molar-refractivity contribution in [3.05, 3.63) is 35.0 Å². The number of likely N-dealkylation sites (tertiary alicyclic amines) is 1. The van der Waals surface area contributed by atoms with Gasteiger partial charge in [-0.3, -0.25) is 9.59 Å². The molecule has 23 heavy (non-hydrogen) atoms. The Morgan fingerprint density at radius 2 is 2.22 bits per heavy atom. The van der Waals surface area contributed by atoms with Crippen molar-refractivity contribution in [3.8, 4) is 0 Å². The zero-order valence-electron chi connectivity index (χ0n) is 12.9. The predicted octanol–water partition coefficient (Wildman–Crippen LogP) is 2.93. The van der Waals surface area contributed by atoms with E-state index in [1.165, 1.54) is 0 Å². The molecular formula is C17H19ClN2O3. The molecule has 3 rings (SSSR count). The van der Waals surface area contributed by atoms with E-state index in [2.05, 4.69) is 4.98 Å². The van der Waals surface area contributed by atoms with E-state index in [9.17, 15) is 9.59 Å². The fraction of sp³-hybridized carbons (Fsp3) is 0.412. The maximum atomic E-state index is 12.5. The summed E-state index contributed by atoms with van der Waals surface area (Å²) < 4.78 is 0. The van der Waals surface area contributed by atoms with Crippen LogP contribution < -0.4 is 0 Å². The number of piperidine rings is 1. The smallest absolute Gasteiger partial charge is 0.306 e. The van der Waals surface area contributed by atoms with Gasteiger partial charge in [-0.2, -0.15) is 0 Å². The number of carboxylic acids is 1. The van der Waals surface area contributed by atoms with Gasteiger partial charge in [-0.15, -0.1) is 0 Å². The summed E-state index contributed by atoms with van der Waals surface area (Å²) in [4.78, 5) is 28.6. The highest BCUT2D eigenvalue weighted by Crippen LogP contribution is 2.26. The first-order chi connectivity index (χ1) is 11.0. The van der Waals surface area contributed by atoms with Crippen LogP contribution in [0.5, 0.6) is 0 Å². The second-order valence-corrected chi connectivity index (χ2v) is 6.67. The van der Waals surface area contributed by atoms with E-state index in [1.807, 2.05) is 31.3 Å². The van der Waals surface area contributed by atoms with Crippen molar-refractivity contribution >= 4 is 34.4 Å². The molecule has 0 radical (unpaired) electrons. The lowest BCUT2D eigenvalue weighted by Gasteiger charge is -2.35. The van der Waals surface area contributed by atoms with Crippen LogP contribution in [0.4, 0.5) is 0 Å². The van der Waals surface area contributed by atoms with Crippen molar-refractivity contribution in [2.45, 2.75) is 19.8 Å². The molecule has 2 aromatic rings. The summed E-state index contributed by atoms with van der Waals surface area (Å²) in [6.07, 6.45) is 2.65. The number of hydrogen-bond donors (Lipinski definition) is 2. The van der Waals surface area contributed by atoms with Gasteiger partial charge in [0, 0.05) is 35.2 Å². The van der Waals surface area contributed by atoms with Crippen molar-refractivity contribution in [1.29, 1.82) is 0 Å². The van der Waals surface area contributed by atoms with Crippen LogP contribution in [0.2, 0.25) is 5.02 Å². The Labute approximate surface area is 139 Å². The molecule has 0 spiro atoms. The number of carboxylic acid groups (broad SMARTS) is 1. The molecule has 6 heteroatoms. The number of hydrogen-bond acceptors (Lipinski definition) is 2. The maximum absolute atomic E-state index is 12.5. The first kappa shape index (κ1) is 15.9. The molecule has 1 saturated heterocycles. The Hall–Kier alpha value is -2.01. The van der Waals surface area contributed by atoms with Crippen LogP contribution in [-0.2, 0) is 16.0 Å². The average molecular weight is 335 g/mol. The van der Waals surface area contributed by atoms with Crippen LogP contribution in [0, 0.1) is 11.8 Å². The number of amides is 1. The molecule has 0 saturated carbocycles. The number of nitrogens with one attached hydrogen (secondary N) is 1. The lowest BCUT2D eigenvalue weighted by molar-refractivity contribution is -0.148. The summed E-state index contributed by atoms with van der Waals surface area (Å²) in [5.41, 5.74) is 1.87. The number of halogens is 1. The molecule has 0 aliphatic carbocycles. The molecular weight excluding hydrogens is 316 g/mol. The highest BCUT2D eigenvalue weighted by molar-refractivity contribution is 6.31. The normalized spacial score (nSPS) is 21.6. The number of nitrogens with zero attached hydrogens (tertiary/aromatic N) is 1. The molecule has 1 aliphatic heterocycles. The number of aromatic amines is 1. The first-order valence-electron chi connectivity index (χ1n) is 7.72. The number of carbonyl (C=O) groups excluding carboxylic acids is 1. The monoisotopic (exact) mass is 334 g/mol. The average Bonchev–Trinajstić information content (AvgIpc) is 2.89. The molecule has 1 amide bonds. The minimum atomic E-state index is -0.768. The number of carbonyl (C=O) groups is 2. The molecule has 122 valence electrons. The van der Waals surface area contributed by atoms with Gasteiger partial charge in [0.2, 0.25) is 5.91 Å². The van der Waals surface area contributed by atoms with E-state index < -0.39 is 5.97 Å².